The fourth-order valence-corrected chi connectivity index (χ4v) is 4.25. The van der Waals surface area contributed by atoms with Gasteiger partial charge >= 0.3 is 5.97 Å². The second-order valence-electron chi connectivity index (χ2n) is 7.51. The van der Waals surface area contributed by atoms with Crippen LogP contribution in [0.3, 0.4) is 0 Å². The average Bonchev–Trinajstić information content (AvgIpc) is 2.70. The molecule has 0 aliphatic rings. The second kappa shape index (κ2) is 13.9. The highest BCUT2D eigenvalue weighted by molar-refractivity contribution is 7.98. The highest BCUT2D eigenvalue weighted by Gasteiger charge is 2.23. The van der Waals surface area contributed by atoms with E-state index in [2.05, 4.69) is 31.5 Å². The molecule has 2 atom stereocenters. The monoisotopic (exact) mass is 440 g/mol. The molecule has 0 radical (unpaired) electrons. The molecule has 0 spiro atoms. The molecule has 0 bridgehead atoms. The number of esters is 1. The summed E-state index contributed by atoms with van der Waals surface area (Å²) in [7, 11) is 1.35. The van der Waals surface area contributed by atoms with Crippen LogP contribution in [0, 0.1) is 0 Å². The van der Waals surface area contributed by atoms with Gasteiger partial charge < -0.3 is 15.8 Å². The zero-order valence-corrected chi connectivity index (χ0v) is 20.0. The van der Waals surface area contributed by atoms with Crippen molar-refractivity contribution in [1.29, 1.82) is 0 Å². The Bertz CT molecular complexity index is 653. The Kier molecular flexibility index (Phi) is 12.4. The van der Waals surface area contributed by atoms with Crippen molar-refractivity contribution >= 4 is 35.4 Å². The largest absolute Gasteiger partial charge is 0.467 e. The summed E-state index contributed by atoms with van der Waals surface area (Å²) < 4.78 is 4.87. The Morgan fingerprint density at radius 2 is 1.90 bits per heavy atom. The van der Waals surface area contributed by atoms with E-state index < -0.39 is 12.0 Å². The van der Waals surface area contributed by atoms with Gasteiger partial charge in [-0.05, 0) is 67.1 Å². The van der Waals surface area contributed by atoms with Gasteiger partial charge in [0.1, 0.15) is 6.04 Å². The standard InChI is InChI=1S/C22H36N2O3S2/c1-15(2)18-10-9-16(7-6-8-17(23)14-29-5)13-19(18)21(25)24-20(11-12-28-4)22(26)27-3/h9-10,13,15,17,20H,6-8,11-12,14,23H2,1-5H3,(H,24,25)/t17-,20+/m1/s1. The first kappa shape index (κ1) is 25.9. The second-order valence-corrected chi connectivity index (χ2v) is 9.41. The van der Waals surface area contributed by atoms with Gasteiger partial charge in [0.15, 0.2) is 0 Å². The van der Waals surface area contributed by atoms with Crippen molar-refractivity contribution in [3.63, 3.8) is 0 Å². The molecule has 0 saturated heterocycles. The van der Waals surface area contributed by atoms with E-state index in [4.69, 9.17) is 10.5 Å². The molecule has 5 nitrogen and oxygen atoms in total. The van der Waals surface area contributed by atoms with E-state index in [1.807, 2.05) is 18.4 Å². The molecule has 0 aromatic heterocycles. The third-order valence-corrected chi connectivity index (χ3v) is 6.21. The van der Waals surface area contributed by atoms with E-state index in [0.29, 0.717) is 12.0 Å². The molecule has 164 valence electrons. The summed E-state index contributed by atoms with van der Waals surface area (Å²) in [4.78, 5) is 25.1. The van der Waals surface area contributed by atoms with E-state index in [-0.39, 0.29) is 17.9 Å². The maximum Gasteiger partial charge on any atom is 0.328 e. The van der Waals surface area contributed by atoms with Crippen LogP contribution in [0.4, 0.5) is 0 Å². The van der Waals surface area contributed by atoms with Gasteiger partial charge in [-0.15, -0.1) is 0 Å². The third-order valence-electron chi connectivity index (χ3n) is 4.81. The first-order valence-corrected chi connectivity index (χ1v) is 12.9. The maximum atomic E-state index is 13.0. The van der Waals surface area contributed by atoms with Crippen LogP contribution >= 0.6 is 23.5 Å². The van der Waals surface area contributed by atoms with Crippen molar-refractivity contribution < 1.29 is 14.3 Å². The molecule has 7 heteroatoms. The lowest BCUT2D eigenvalue weighted by molar-refractivity contribution is -0.142. The Morgan fingerprint density at radius 3 is 2.48 bits per heavy atom. The minimum absolute atomic E-state index is 0.208. The topological polar surface area (TPSA) is 81.4 Å². The Balaban J connectivity index is 2.94. The van der Waals surface area contributed by atoms with Crippen LogP contribution < -0.4 is 11.1 Å². The zero-order valence-electron chi connectivity index (χ0n) is 18.3. The quantitative estimate of drug-likeness (QED) is 0.454. The first-order valence-electron chi connectivity index (χ1n) is 10.1. The molecule has 1 amide bonds. The summed E-state index contributed by atoms with van der Waals surface area (Å²) in [6.07, 6.45) is 7.42. The maximum absolute atomic E-state index is 13.0. The van der Waals surface area contributed by atoms with Crippen LogP contribution in [0.15, 0.2) is 18.2 Å². The van der Waals surface area contributed by atoms with Crippen molar-refractivity contribution in [3.8, 4) is 0 Å². The molecule has 1 aromatic carbocycles. The molecule has 0 heterocycles. The summed E-state index contributed by atoms with van der Waals surface area (Å²) in [6, 6.07) is 5.67. The number of nitrogens with two attached hydrogens (primary N) is 1. The predicted molar refractivity (Wildman–Crippen MR) is 126 cm³/mol. The number of rotatable bonds is 13. The molecule has 1 rings (SSSR count). The van der Waals surface area contributed by atoms with Gasteiger partial charge in [-0.3, -0.25) is 4.79 Å². The van der Waals surface area contributed by atoms with E-state index in [1.54, 1.807) is 23.5 Å². The van der Waals surface area contributed by atoms with E-state index in [0.717, 1.165) is 41.9 Å². The highest BCUT2D eigenvalue weighted by atomic mass is 32.2. The number of carbonyl (C=O) groups excluding carboxylic acids is 2. The van der Waals surface area contributed by atoms with Crippen LogP contribution in [-0.4, -0.2) is 55.1 Å². The fourth-order valence-electron chi connectivity index (χ4n) is 3.19. The van der Waals surface area contributed by atoms with E-state index in [1.165, 1.54) is 7.11 Å². The number of hydrogen-bond donors (Lipinski definition) is 2. The number of hydrogen-bond acceptors (Lipinski definition) is 6. The van der Waals surface area contributed by atoms with Crippen LogP contribution in [0.1, 0.15) is 60.5 Å². The van der Waals surface area contributed by atoms with Gasteiger partial charge in [0.05, 0.1) is 7.11 Å². The van der Waals surface area contributed by atoms with Gasteiger partial charge in [0.2, 0.25) is 0 Å². The normalized spacial score (nSPS) is 13.2. The molecule has 0 aliphatic heterocycles. The van der Waals surface area contributed by atoms with Crippen LogP contribution in [0.2, 0.25) is 0 Å². The Labute approximate surface area is 184 Å². The van der Waals surface area contributed by atoms with Gasteiger partial charge in [0.25, 0.3) is 5.91 Å². The van der Waals surface area contributed by atoms with Gasteiger partial charge in [-0.25, -0.2) is 4.79 Å². The average molecular weight is 441 g/mol. The van der Waals surface area contributed by atoms with Gasteiger partial charge in [-0.2, -0.15) is 23.5 Å². The van der Waals surface area contributed by atoms with Crippen LogP contribution in [0.5, 0.6) is 0 Å². The number of nitrogens with one attached hydrogen (secondary N) is 1. The SMILES string of the molecule is COC(=O)[C@H](CCSC)NC(=O)c1cc(CCC[C@@H](N)CSC)ccc1C(C)C. The number of amides is 1. The predicted octanol–water partition coefficient (Wildman–Crippen LogP) is 3.85. The number of benzene rings is 1. The first-order chi connectivity index (χ1) is 13.8. The molecule has 29 heavy (non-hydrogen) atoms. The fraction of sp³-hybridized carbons (Fsp3) is 0.636. The number of ether oxygens (including phenoxy) is 1. The summed E-state index contributed by atoms with van der Waals surface area (Å²) in [5, 5.41) is 2.88. The zero-order chi connectivity index (χ0) is 21.8. The minimum atomic E-state index is -0.631. The van der Waals surface area contributed by atoms with Crippen LogP contribution in [0.25, 0.3) is 0 Å². The molecule has 0 saturated carbocycles. The number of aryl methyl sites for hydroxylation is 1. The lowest BCUT2D eigenvalue weighted by atomic mass is 9.93. The molecule has 3 N–H and O–H groups in total. The number of methoxy groups -OCH3 is 1. The molecule has 0 fully saturated rings. The summed E-state index contributed by atoms with van der Waals surface area (Å²) >= 11 is 3.40. The smallest absolute Gasteiger partial charge is 0.328 e. The summed E-state index contributed by atoms with van der Waals surface area (Å²) in [5.41, 5.74) is 8.84. The van der Waals surface area contributed by atoms with Crippen molar-refractivity contribution in [3.05, 3.63) is 34.9 Å². The summed E-state index contributed by atoms with van der Waals surface area (Å²) in [6.45, 7) is 4.14. The van der Waals surface area contributed by atoms with E-state index >= 15 is 0 Å². The van der Waals surface area contributed by atoms with Gasteiger partial charge in [0, 0.05) is 17.4 Å². The molecule has 1 aromatic rings. The minimum Gasteiger partial charge on any atom is -0.467 e. The van der Waals surface area contributed by atoms with Crippen molar-refractivity contribution in [2.75, 3.05) is 31.1 Å². The van der Waals surface area contributed by atoms with Crippen LogP contribution in [-0.2, 0) is 16.0 Å². The van der Waals surface area contributed by atoms with Crippen molar-refractivity contribution in [2.45, 2.75) is 57.5 Å². The summed E-state index contributed by atoms with van der Waals surface area (Å²) in [5.74, 6) is 1.32. The van der Waals surface area contributed by atoms with Crippen molar-refractivity contribution in [1.82, 2.24) is 5.32 Å². The number of carbonyl (C=O) groups is 2. The molecular formula is C22H36N2O3S2. The van der Waals surface area contributed by atoms with Crippen molar-refractivity contribution in [2.24, 2.45) is 5.73 Å². The van der Waals surface area contributed by atoms with Gasteiger partial charge in [-0.1, -0.05) is 26.0 Å². The lowest BCUT2D eigenvalue weighted by Crippen LogP contribution is -2.42. The third kappa shape index (κ3) is 9.01. The molecule has 0 aliphatic carbocycles. The molecule has 0 unspecified atom stereocenters. The lowest BCUT2D eigenvalue weighted by Gasteiger charge is -2.19. The highest BCUT2D eigenvalue weighted by Crippen LogP contribution is 2.22. The Hall–Kier alpha value is -1.18. The van der Waals surface area contributed by atoms with E-state index in [9.17, 15) is 9.59 Å². The Morgan fingerprint density at radius 1 is 1.17 bits per heavy atom. The number of thioether (sulfide) groups is 2. The molecular weight excluding hydrogens is 404 g/mol.